The normalized spacial score (nSPS) is 23.3. The molecular weight excluding hydrogens is 460 g/mol. The molecule has 0 spiro atoms. The molecule has 3 aliphatic rings. The summed E-state index contributed by atoms with van der Waals surface area (Å²) in [6, 6.07) is 3.46. The fourth-order valence-corrected chi connectivity index (χ4v) is 5.32. The van der Waals surface area contributed by atoms with Crippen molar-refractivity contribution in [1.82, 2.24) is 34.9 Å². The maximum Gasteiger partial charge on any atom is 0.274 e. The van der Waals surface area contributed by atoms with E-state index in [1.807, 2.05) is 4.90 Å². The number of amides is 3. The predicted octanol–water partition coefficient (Wildman–Crippen LogP) is 1.32. The Kier molecular flexibility index (Phi) is 6.63. The van der Waals surface area contributed by atoms with Gasteiger partial charge in [-0.15, -0.1) is 0 Å². The minimum absolute atomic E-state index is 0.136. The molecule has 11 nitrogen and oxygen atoms in total. The fraction of sp³-hybridized carbons (Fsp3) is 0.600. The SMILES string of the molecule is CN1C(=O)c2cc(C(=O)N3CCN(c4ncccn4)CC3)nn2CC1(C)C(=O)NC1CCCCCC1. The van der Waals surface area contributed by atoms with E-state index in [9.17, 15) is 14.4 Å². The highest BCUT2D eigenvalue weighted by molar-refractivity contribution is 6.01. The molecule has 2 aromatic heterocycles. The first-order valence-electron chi connectivity index (χ1n) is 12.8. The maximum absolute atomic E-state index is 13.4. The number of piperazine rings is 1. The molecule has 2 fully saturated rings. The summed E-state index contributed by atoms with van der Waals surface area (Å²) >= 11 is 0. The van der Waals surface area contributed by atoms with Crippen LogP contribution in [0.4, 0.5) is 5.95 Å². The molecule has 1 saturated carbocycles. The van der Waals surface area contributed by atoms with Crippen molar-refractivity contribution in [3.63, 3.8) is 0 Å². The van der Waals surface area contributed by atoms with Crippen LogP contribution in [-0.4, -0.2) is 92.1 Å². The van der Waals surface area contributed by atoms with Crippen LogP contribution in [0.2, 0.25) is 0 Å². The van der Waals surface area contributed by atoms with Crippen LogP contribution < -0.4 is 10.2 Å². The lowest BCUT2D eigenvalue weighted by Crippen LogP contribution is -2.63. The zero-order valence-corrected chi connectivity index (χ0v) is 21.0. The number of hydrogen-bond donors (Lipinski definition) is 1. The number of nitrogens with zero attached hydrogens (tertiary/aromatic N) is 7. The number of anilines is 1. The second kappa shape index (κ2) is 9.87. The van der Waals surface area contributed by atoms with Gasteiger partial charge in [-0.05, 0) is 25.8 Å². The highest BCUT2D eigenvalue weighted by Gasteiger charge is 2.47. The summed E-state index contributed by atoms with van der Waals surface area (Å²) in [7, 11) is 1.65. The van der Waals surface area contributed by atoms with Crippen LogP contribution in [0.25, 0.3) is 0 Å². The molecule has 4 heterocycles. The third kappa shape index (κ3) is 4.54. The number of aromatic nitrogens is 4. The molecule has 1 aliphatic carbocycles. The Morgan fingerprint density at radius 3 is 2.36 bits per heavy atom. The van der Waals surface area contributed by atoms with Gasteiger partial charge in [-0.3, -0.25) is 19.1 Å². The Hall–Kier alpha value is -3.50. The Morgan fingerprint density at radius 2 is 1.69 bits per heavy atom. The zero-order chi connectivity index (χ0) is 25.3. The van der Waals surface area contributed by atoms with E-state index in [2.05, 4.69) is 20.4 Å². The zero-order valence-electron chi connectivity index (χ0n) is 21.0. The average molecular weight is 495 g/mol. The molecule has 1 N–H and O–H groups in total. The van der Waals surface area contributed by atoms with Gasteiger partial charge in [0.1, 0.15) is 11.2 Å². The monoisotopic (exact) mass is 494 g/mol. The van der Waals surface area contributed by atoms with E-state index in [4.69, 9.17) is 0 Å². The molecule has 3 amide bonds. The molecule has 0 radical (unpaired) electrons. The molecule has 11 heteroatoms. The lowest BCUT2D eigenvalue weighted by molar-refractivity contribution is -0.133. The molecule has 192 valence electrons. The Bertz CT molecular complexity index is 1120. The van der Waals surface area contributed by atoms with E-state index in [-0.39, 0.29) is 36.0 Å². The lowest BCUT2D eigenvalue weighted by Gasteiger charge is -2.41. The second-order valence-corrected chi connectivity index (χ2v) is 10.2. The quantitative estimate of drug-likeness (QED) is 0.637. The van der Waals surface area contributed by atoms with Gasteiger partial charge in [-0.25, -0.2) is 9.97 Å². The smallest absolute Gasteiger partial charge is 0.274 e. The van der Waals surface area contributed by atoms with Crippen molar-refractivity contribution >= 4 is 23.7 Å². The van der Waals surface area contributed by atoms with E-state index in [0.29, 0.717) is 37.8 Å². The number of carbonyl (C=O) groups is 3. The highest BCUT2D eigenvalue weighted by Crippen LogP contribution is 2.27. The molecular formula is C25H34N8O3. The largest absolute Gasteiger partial charge is 0.351 e. The number of hydrogen-bond acceptors (Lipinski definition) is 7. The summed E-state index contributed by atoms with van der Waals surface area (Å²) < 4.78 is 1.52. The molecule has 2 aliphatic heterocycles. The number of rotatable bonds is 4. The number of fused-ring (bicyclic) bond motifs is 1. The summed E-state index contributed by atoms with van der Waals surface area (Å²) in [5.41, 5.74) is -0.522. The number of nitrogens with one attached hydrogen (secondary N) is 1. The third-order valence-corrected chi connectivity index (χ3v) is 7.80. The first kappa shape index (κ1) is 24.2. The van der Waals surface area contributed by atoms with Gasteiger partial charge in [-0.1, -0.05) is 25.7 Å². The van der Waals surface area contributed by atoms with Crippen LogP contribution in [0.15, 0.2) is 24.5 Å². The minimum atomic E-state index is -1.08. The second-order valence-electron chi connectivity index (χ2n) is 10.2. The first-order chi connectivity index (χ1) is 17.4. The van der Waals surface area contributed by atoms with E-state index >= 15 is 0 Å². The molecule has 1 atom stereocenters. The van der Waals surface area contributed by atoms with Gasteiger partial charge in [-0.2, -0.15) is 5.10 Å². The Morgan fingerprint density at radius 1 is 1.03 bits per heavy atom. The van der Waals surface area contributed by atoms with Gasteiger partial charge in [0.05, 0.1) is 6.54 Å². The number of carbonyl (C=O) groups excluding carboxylic acids is 3. The van der Waals surface area contributed by atoms with Crippen LogP contribution >= 0.6 is 0 Å². The van der Waals surface area contributed by atoms with Crippen LogP contribution in [0.3, 0.4) is 0 Å². The van der Waals surface area contributed by atoms with Crippen molar-refractivity contribution in [3.05, 3.63) is 35.9 Å². The standard InChI is InChI=1S/C25H34N8O3/c1-25(23(36)28-18-8-5-3-4-6-9-18)17-33-20(22(35)30(25)2)16-19(29-33)21(34)31-12-14-32(15-13-31)24-26-10-7-11-27-24/h7,10-11,16,18H,3-6,8-9,12-15,17H2,1-2H3,(H,28,36). The first-order valence-corrected chi connectivity index (χ1v) is 12.8. The van der Waals surface area contributed by atoms with E-state index in [0.717, 1.165) is 25.7 Å². The van der Waals surface area contributed by atoms with Crippen molar-refractivity contribution in [3.8, 4) is 0 Å². The Balaban J connectivity index is 1.27. The van der Waals surface area contributed by atoms with Crippen molar-refractivity contribution in [2.75, 3.05) is 38.1 Å². The summed E-state index contributed by atoms with van der Waals surface area (Å²) in [6.45, 7) is 4.22. The fourth-order valence-electron chi connectivity index (χ4n) is 5.32. The number of likely N-dealkylation sites (N-methyl/N-ethyl adjacent to an activating group) is 1. The van der Waals surface area contributed by atoms with Crippen molar-refractivity contribution < 1.29 is 14.4 Å². The van der Waals surface area contributed by atoms with Gasteiger partial charge in [0.15, 0.2) is 5.69 Å². The third-order valence-electron chi connectivity index (χ3n) is 7.80. The van der Waals surface area contributed by atoms with E-state index in [1.165, 1.54) is 22.4 Å². The van der Waals surface area contributed by atoms with Crippen molar-refractivity contribution in [2.45, 2.75) is 63.6 Å². The molecule has 36 heavy (non-hydrogen) atoms. The molecule has 1 saturated heterocycles. The van der Waals surface area contributed by atoms with E-state index in [1.54, 1.807) is 43.4 Å². The minimum Gasteiger partial charge on any atom is -0.351 e. The molecule has 2 aromatic rings. The Labute approximate surface area is 210 Å². The van der Waals surface area contributed by atoms with Crippen molar-refractivity contribution in [2.24, 2.45) is 0 Å². The van der Waals surface area contributed by atoms with E-state index < -0.39 is 5.54 Å². The van der Waals surface area contributed by atoms with Crippen molar-refractivity contribution in [1.29, 1.82) is 0 Å². The van der Waals surface area contributed by atoms with Gasteiger partial charge in [0, 0.05) is 57.7 Å². The van der Waals surface area contributed by atoms with Gasteiger partial charge in [0.25, 0.3) is 11.8 Å². The highest BCUT2D eigenvalue weighted by atomic mass is 16.2. The van der Waals surface area contributed by atoms with Gasteiger partial charge < -0.3 is 20.0 Å². The van der Waals surface area contributed by atoms with Crippen LogP contribution in [0, 0.1) is 0 Å². The summed E-state index contributed by atoms with van der Waals surface area (Å²) in [6.07, 6.45) is 9.95. The maximum atomic E-state index is 13.4. The summed E-state index contributed by atoms with van der Waals surface area (Å²) in [4.78, 5) is 53.7. The van der Waals surface area contributed by atoms with Crippen LogP contribution in [-0.2, 0) is 11.3 Å². The predicted molar refractivity (Wildman–Crippen MR) is 133 cm³/mol. The molecule has 1 unspecified atom stereocenters. The van der Waals surface area contributed by atoms with Crippen LogP contribution in [0.1, 0.15) is 66.4 Å². The molecule has 5 rings (SSSR count). The van der Waals surface area contributed by atoms with Crippen LogP contribution in [0.5, 0.6) is 0 Å². The van der Waals surface area contributed by atoms with Gasteiger partial charge in [0.2, 0.25) is 11.9 Å². The lowest BCUT2D eigenvalue weighted by atomic mass is 9.95. The summed E-state index contributed by atoms with van der Waals surface area (Å²) in [5.74, 6) is -0.0430. The molecule has 0 bridgehead atoms. The topological polar surface area (TPSA) is 117 Å². The van der Waals surface area contributed by atoms with Gasteiger partial charge >= 0.3 is 0 Å². The average Bonchev–Trinajstić information content (AvgIpc) is 3.15. The summed E-state index contributed by atoms with van der Waals surface area (Å²) in [5, 5.41) is 7.67. The molecule has 0 aromatic carbocycles.